The minimum absolute atomic E-state index is 0.359. The summed E-state index contributed by atoms with van der Waals surface area (Å²) in [5.41, 5.74) is 2.91. The predicted octanol–water partition coefficient (Wildman–Crippen LogP) is 5.36. The van der Waals surface area contributed by atoms with E-state index in [1.165, 1.54) is 17.4 Å². The summed E-state index contributed by atoms with van der Waals surface area (Å²) in [6.45, 7) is -0.359. The number of carbonyl (C=O) groups is 2. The summed E-state index contributed by atoms with van der Waals surface area (Å²) >= 11 is 1.53. The third kappa shape index (κ3) is 6.30. The molecule has 0 radical (unpaired) electrons. The molecule has 0 aliphatic heterocycles. The molecule has 28 heavy (non-hydrogen) atoms. The lowest BCUT2D eigenvalue weighted by Gasteiger charge is -2.05. The molecule has 1 aromatic heterocycles. The van der Waals surface area contributed by atoms with Crippen LogP contribution in [0.5, 0.6) is 0 Å². The average Bonchev–Trinajstić information content (AvgIpc) is 3.25. The SMILES string of the molecule is O=C(COC(=O)/C=C/c1ccsc1)Nc1ccc(N=Nc2ccccc2)cc1. The summed E-state index contributed by atoms with van der Waals surface area (Å²) < 4.78 is 4.92. The van der Waals surface area contributed by atoms with Crippen LogP contribution >= 0.6 is 11.3 Å². The lowest BCUT2D eigenvalue weighted by atomic mass is 10.3. The summed E-state index contributed by atoms with van der Waals surface area (Å²) in [4.78, 5) is 23.5. The van der Waals surface area contributed by atoms with Crippen molar-refractivity contribution < 1.29 is 14.3 Å². The van der Waals surface area contributed by atoms with Crippen molar-refractivity contribution in [2.75, 3.05) is 11.9 Å². The molecule has 0 saturated carbocycles. The second-order valence-corrected chi connectivity index (χ2v) is 6.41. The zero-order valence-corrected chi connectivity index (χ0v) is 15.6. The molecule has 6 nitrogen and oxygen atoms in total. The van der Waals surface area contributed by atoms with E-state index in [9.17, 15) is 9.59 Å². The van der Waals surface area contributed by atoms with Crippen molar-refractivity contribution >= 4 is 46.4 Å². The summed E-state index contributed by atoms with van der Waals surface area (Å²) in [5, 5.41) is 14.7. The number of thiophene rings is 1. The summed E-state index contributed by atoms with van der Waals surface area (Å²) in [6, 6.07) is 18.2. The van der Waals surface area contributed by atoms with Crippen LogP contribution in [0, 0.1) is 0 Å². The van der Waals surface area contributed by atoms with E-state index in [2.05, 4.69) is 15.5 Å². The standard InChI is InChI=1S/C21H17N3O3S/c25-20(14-27-21(26)11-6-16-12-13-28-15-16)22-17-7-9-19(10-8-17)24-23-18-4-2-1-3-5-18/h1-13,15H,14H2,(H,22,25)/b11-6+,24-23?. The molecule has 3 aromatic rings. The van der Waals surface area contributed by atoms with Gasteiger partial charge in [0.05, 0.1) is 11.4 Å². The Balaban J connectivity index is 1.45. The molecule has 0 spiro atoms. The summed E-state index contributed by atoms with van der Waals surface area (Å²) in [5.74, 6) is -0.992. The highest BCUT2D eigenvalue weighted by Gasteiger charge is 2.06. The largest absolute Gasteiger partial charge is 0.452 e. The molecule has 3 rings (SSSR count). The fourth-order valence-corrected chi connectivity index (χ4v) is 2.77. The number of hydrogen-bond donors (Lipinski definition) is 1. The van der Waals surface area contributed by atoms with Gasteiger partial charge >= 0.3 is 5.97 Å². The van der Waals surface area contributed by atoms with Crippen LogP contribution in [-0.4, -0.2) is 18.5 Å². The lowest BCUT2D eigenvalue weighted by molar-refractivity contribution is -0.142. The van der Waals surface area contributed by atoms with E-state index in [0.717, 1.165) is 11.3 Å². The number of benzene rings is 2. The highest BCUT2D eigenvalue weighted by Crippen LogP contribution is 2.20. The van der Waals surface area contributed by atoms with E-state index >= 15 is 0 Å². The number of anilines is 1. The molecule has 0 fully saturated rings. The number of nitrogens with zero attached hydrogens (tertiary/aromatic N) is 2. The van der Waals surface area contributed by atoms with E-state index < -0.39 is 11.9 Å². The molecule has 0 saturated heterocycles. The summed E-state index contributed by atoms with van der Waals surface area (Å²) in [7, 11) is 0. The van der Waals surface area contributed by atoms with Crippen molar-refractivity contribution in [2.24, 2.45) is 10.2 Å². The van der Waals surface area contributed by atoms with Gasteiger partial charge in [-0.15, -0.1) is 0 Å². The zero-order chi connectivity index (χ0) is 19.6. The minimum Gasteiger partial charge on any atom is -0.452 e. The first-order chi connectivity index (χ1) is 13.7. The van der Waals surface area contributed by atoms with Crippen LogP contribution in [0.3, 0.4) is 0 Å². The maximum absolute atomic E-state index is 11.9. The lowest BCUT2D eigenvalue weighted by Crippen LogP contribution is -2.20. The van der Waals surface area contributed by atoms with Crippen LogP contribution < -0.4 is 5.32 Å². The van der Waals surface area contributed by atoms with Gasteiger partial charge in [0, 0.05) is 11.8 Å². The van der Waals surface area contributed by atoms with Crippen molar-refractivity contribution in [1.82, 2.24) is 0 Å². The molecule has 0 bridgehead atoms. The molecule has 1 heterocycles. The van der Waals surface area contributed by atoms with Gasteiger partial charge in [0.1, 0.15) is 0 Å². The molecular formula is C21H17N3O3S. The van der Waals surface area contributed by atoms with E-state index in [1.54, 1.807) is 30.3 Å². The number of azo groups is 1. The average molecular weight is 391 g/mol. The van der Waals surface area contributed by atoms with Crippen molar-refractivity contribution in [3.05, 3.63) is 83.1 Å². The van der Waals surface area contributed by atoms with E-state index in [-0.39, 0.29) is 6.61 Å². The highest BCUT2D eigenvalue weighted by molar-refractivity contribution is 7.08. The Morgan fingerprint density at radius 3 is 2.36 bits per heavy atom. The number of nitrogens with one attached hydrogen (secondary N) is 1. The third-order valence-corrected chi connectivity index (χ3v) is 4.19. The number of amides is 1. The quantitative estimate of drug-likeness (QED) is 0.334. The van der Waals surface area contributed by atoms with E-state index in [1.807, 2.05) is 47.2 Å². The Hall–Kier alpha value is -3.58. The van der Waals surface area contributed by atoms with Gasteiger partial charge in [0.25, 0.3) is 5.91 Å². The fraction of sp³-hybridized carbons (Fsp3) is 0.0476. The van der Waals surface area contributed by atoms with Gasteiger partial charge in [-0.25, -0.2) is 4.79 Å². The first-order valence-electron chi connectivity index (χ1n) is 8.43. The third-order valence-electron chi connectivity index (χ3n) is 3.49. The normalized spacial score (nSPS) is 11.0. The Morgan fingerprint density at radius 2 is 1.68 bits per heavy atom. The van der Waals surface area contributed by atoms with Gasteiger partial charge in [-0.3, -0.25) is 4.79 Å². The van der Waals surface area contributed by atoms with Crippen LogP contribution in [0.15, 0.2) is 87.7 Å². The van der Waals surface area contributed by atoms with Crippen molar-refractivity contribution in [2.45, 2.75) is 0 Å². The Bertz CT molecular complexity index is 966. The van der Waals surface area contributed by atoms with Gasteiger partial charge < -0.3 is 10.1 Å². The van der Waals surface area contributed by atoms with Gasteiger partial charge in [0.2, 0.25) is 0 Å². The molecule has 140 valence electrons. The molecule has 1 amide bonds. The van der Waals surface area contributed by atoms with Gasteiger partial charge in [0.15, 0.2) is 6.61 Å². The number of ether oxygens (including phenoxy) is 1. The van der Waals surface area contributed by atoms with Crippen molar-refractivity contribution in [1.29, 1.82) is 0 Å². The second-order valence-electron chi connectivity index (χ2n) is 5.63. The first-order valence-corrected chi connectivity index (χ1v) is 9.37. The van der Waals surface area contributed by atoms with E-state index in [4.69, 9.17) is 4.74 Å². The molecule has 0 unspecified atom stereocenters. The Labute approximate surface area is 166 Å². The van der Waals surface area contributed by atoms with Crippen molar-refractivity contribution in [3.8, 4) is 0 Å². The predicted molar refractivity (Wildman–Crippen MR) is 110 cm³/mol. The maximum atomic E-state index is 11.9. The Morgan fingerprint density at radius 1 is 0.964 bits per heavy atom. The number of rotatable bonds is 7. The molecule has 7 heteroatoms. The first kappa shape index (κ1) is 19.2. The monoisotopic (exact) mass is 391 g/mol. The van der Waals surface area contributed by atoms with Crippen molar-refractivity contribution in [3.63, 3.8) is 0 Å². The van der Waals surface area contributed by atoms with Crippen LogP contribution in [0.2, 0.25) is 0 Å². The molecular weight excluding hydrogens is 374 g/mol. The number of hydrogen-bond acceptors (Lipinski definition) is 6. The Kier molecular flexibility index (Phi) is 6.81. The summed E-state index contributed by atoms with van der Waals surface area (Å²) in [6.07, 6.45) is 2.93. The van der Waals surface area contributed by atoms with Crippen LogP contribution in [0.25, 0.3) is 6.08 Å². The minimum atomic E-state index is -0.571. The van der Waals surface area contributed by atoms with Gasteiger partial charge in [-0.1, -0.05) is 18.2 Å². The molecule has 0 aliphatic rings. The topological polar surface area (TPSA) is 80.1 Å². The van der Waals surface area contributed by atoms with Gasteiger partial charge in [-0.2, -0.15) is 21.6 Å². The molecule has 0 aliphatic carbocycles. The number of esters is 1. The van der Waals surface area contributed by atoms with Crippen LogP contribution in [-0.2, 0) is 14.3 Å². The van der Waals surface area contributed by atoms with Crippen LogP contribution in [0.1, 0.15) is 5.56 Å². The molecule has 1 N–H and O–H groups in total. The van der Waals surface area contributed by atoms with E-state index in [0.29, 0.717) is 11.4 Å². The molecule has 0 atom stereocenters. The fourth-order valence-electron chi connectivity index (χ4n) is 2.14. The maximum Gasteiger partial charge on any atom is 0.331 e. The smallest absolute Gasteiger partial charge is 0.331 e. The highest BCUT2D eigenvalue weighted by atomic mass is 32.1. The number of carbonyl (C=O) groups excluding carboxylic acids is 2. The molecule has 2 aromatic carbocycles. The zero-order valence-electron chi connectivity index (χ0n) is 14.8. The second kappa shape index (κ2) is 9.94. The van der Waals surface area contributed by atoms with Crippen LogP contribution in [0.4, 0.5) is 17.1 Å². The van der Waals surface area contributed by atoms with Gasteiger partial charge in [-0.05, 0) is 64.9 Å².